The Morgan fingerprint density at radius 1 is 1.24 bits per heavy atom. The van der Waals surface area contributed by atoms with Gasteiger partial charge in [0.25, 0.3) is 0 Å². The number of nitrogens with one attached hydrogen (secondary N) is 1. The summed E-state index contributed by atoms with van der Waals surface area (Å²) in [5.41, 5.74) is 0. The summed E-state index contributed by atoms with van der Waals surface area (Å²) in [6, 6.07) is 2.37. The van der Waals surface area contributed by atoms with Gasteiger partial charge < -0.3 is 5.32 Å². The van der Waals surface area contributed by atoms with Gasteiger partial charge >= 0.3 is 0 Å². The van der Waals surface area contributed by atoms with E-state index in [9.17, 15) is 0 Å². The highest BCUT2D eigenvalue weighted by Gasteiger charge is 2.30. The highest BCUT2D eigenvalue weighted by molar-refractivity contribution is 4.88. The molecular formula is C15H32N2. The predicted molar refractivity (Wildman–Crippen MR) is 76.5 cm³/mol. The third-order valence-corrected chi connectivity index (χ3v) is 4.29. The summed E-state index contributed by atoms with van der Waals surface area (Å²) in [6.45, 7) is 11.7. The van der Waals surface area contributed by atoms with E-state index in [-0.39, 0.29) is 0 Å². The van der Waals surface area contributed by atoms with Gasteiger partial charge in [-0.05, 0) is 52.1 Å². The predicted octanol–water partition coefficient (Wildman–Crippen LogP) is 3.42. The summed E-state index contributed by atoms with van der Waals surface area (Å²) in [4.78, 5) is 2.78. The van der Waals surface area contributed by atoms with Crippen molar-refractivity contribution >= 4 is 0 Å². The molecule has 0 aliphatic heterocycles. The van der Waals surface area contributed by atoms with Crippen LogP contribution in [0.5, 0.6) is 0 Å². The lowest BCUT2D eigenvalue weighted by molar-refractivity contribution is 0.137. The van der Waals surface area contributed by atoms with E-state index in [2.05, 4.69) is 37.9 Å². The number of rotatable bonds is 8. The first-order valence-corrected chi connectivity index (χ1v) is 7.71. The van der Waals surface area contributed by atoms with Gasteiger partial charge in [0.15, 0.2) is 0 Å². The maximum atomic E-state index is 3.62. The lowest BCUT2D eigenvalue weighted by Crippen LogP contribution is -2.42. The molecular weight excluding hydrogens is 208 g/mol. The molecule has 0 aromatic rings. The first kappa shape index (κ1) is 15.0. The molecule has 1 aliphatic carbocycles. The smallest absolute Gasteiger partial charge is 0.0113 e. The van der Waals surface area contributed by atoms with Gasteiger partial charge in [-0.3, -0.25) is 4.90 Å². The summed E-state index contributed by atoms with van der Waals surface area (Å²) >= 11 is 0. The minimum atomic E-state index is 0.756. The SMILES string of the molecule is CCCCN(C(C)CC)C1CCC(NCC)C1. The molecule has 0 aromatic heterocycles. The van der Waals surface area contributed by atoms with Crippen LogP contribution in [0.3, 0.4) is 0 Å². The molecule has 0 amide bonds. The topological polar surface area (TPSA) is 15.3 Å². The van der Waals surface area contributed by atoms with Crippen LogP contribution in [0.2, 0.25) is 0 Å². The maximum Gasteiger partial charge on any atom is 0.0113 e. The Hall–Kier alpha value is -0.0800. The molecule has 0 aromatic carbocycles. The molecule has 102 valence electrons. The molecule has 1 saturated carbocycles. The second kappa shape index (κ2) is 8.10. The van der Waals surface area contributed by atoms with Crippen LogP contribution >= 0.6 is 0 Å². The Labute approximate surface area is 108 Å². The van der Waals surface area contributed by atoms with Crippen LogP contribution in [0, 0.1) is 0 Å². The van der Waals surface area contributed by atoms with Gasteiger partial charge in [0.1, 0.15) is 0 Å². The monoisotopic (exact) mass is 240 g/mol. The first-order chi connectivity index (χ1) is 8.22. The highest BCUT2D eigenvalue weighted by Crippen LogP contribution is 2.26. The van der Waals surface area contributed by atoms with Crippen LogP contribution in [0.1, 0.15) is 66.2 Å². The van der Waals surface area contributed by atoms with Crippen LogP contribution in [0.25, 0.3) is 0 Å². The Bertz CT molecular complexity index is 193. The van der Waals surface area contributed by atoms with Crippen LogP contribution < -0.4 is 5.32 Å². The molecule has 0 radical (unpaired) electrons. The molecule has 2 nitrogen and oxygen atoms in total. The van der Waals surface area contributed by atoms with E-state index in [1.54, 1.807) is 0 Å². The molecule has 3 atom stereocenters. The molecule has 1 N–H and O–H groups in total. The standard InChI is InChI=1S/C15H32N2/c1-5-8-11-17(13(4)6-2)15-10-9-14(12-15)16-7-3/h13-16H,5-12H2,1-4H3. The van der Waals surface area contributed by atoms with Gasteiger partial charge in [-0.15, -0.1) is 0 Å². The summed E-state index contributed by atoms with van der Waals surface area (Å²) in [5, 5.41) is 3.62. The zero-order chi connectivity index (χ0) is 12.7. The third kappa shape index (κ3) is 4.59. The van der Waals surface area contributed by atoms with Gasteiger partial charge in [0.2, 0.25) is 0 Å². The van der Waals surface area contributed by atoms with E-state index in [0.29, 0.717) is 0 Å². The minimum Gasteiger partial charge on any atom is -0.314 e. The molecule has 2 heteroatoms. The van der Waals surface area contributed by atoms with Crippen molar-refractivity contribution in [2.24, 2.45) is 0 Å². The van der Waals surface area contributed by atoms with Gasteiger partial charge in [-0.25, -0.2) is 0 Å². The molecule has 3 unspecified atom stereocenters. The number of hydrogen-bond acceptors (Lipinski definition) is 2. The molecule has 1 rings (SSSR count). The van der Waals surface area contributed by atoms with Crippen molar-refractivity contribution in [1.29, 1.82) is 0 Å². The van der Waals surface area contributed by atoms with Crippen LogP contribution in [-0.4, -0.2) is 36.1 Å². The van der Waals surface area contributed by atoms with Crippen LogP contribution in [0.4, 0.5) is 0 Å². The fraction of sp³-hybridized carbons (Fsp3) is 1.00. The Balaban J connectivity index is 2.46. The van der Waals surface area contributed by atoms with Gasteiger partial charge in [-0.1, -0.05) is 27.2 Å². The van der Waals surface area contributed by atoms with E-state index >= 15 is 0 Å². The summed E-state index contributed by atoms with van der Waals surface area (Å²) < 4.78 is 0. The maximum absolute atomic E-state index is 3.62. The zero-order valence-corrected chi connectivity index (χ0v) is 12.3. The van der Waals surface area contributed by atoms with E-state index in [4.69, 9.17) is 0 Å². The average Bonchev–Trinajstić information content (AvgIpc) is 2.78. The van der Waals surface area contributed by atoms with Crippen molar-refractivity contribution < 1.29 is 0 Å². The summed E-state index contributed by atoms with van der Waals surface area (Å²) in [5.74, 6) is 0. The molecule has 0 bridgehead atoms. The fourth-order valence-corrected chi connectivity index (χ4v) is 3.07. The van der Waals surface area contributed by atoms with Gasteiger partial charge in [-0.2, -0.15) is 0 Å². The minimum absolute atomic E-state index is 0.756. The summed E-state index contributed by atoms with van der Waals surface area (Å²) in [7, 11) is 0. The van der Waals surface area contributed by atoms with Crippen molar-refractivity contribution in [3.8, 4) is 0 Å². The summed E-state index contributed by atoms with van der Waals surface area (Å²) in [6.07, 6.45) is 8.08. The number of unbranched alkanes of at least 4 members (excludes halogenated alkanes) is 1. The average molecular weight is 240 g/mol. The molecule has 0 heterocycles. The van der Waals surface area contributed by atoms with Crippen molar-refractivity contribution in [2.45, 2.75) is 84.3 Å². The second-order valence-corrected chi connectivity index (χ2v) is 5.57. The van der Waals surface area contributed by atoms with E-state index in [0.717, 1.165) is 24.7 Å². The van der Waals surface area contributed by atoms with E-state index < -0.39 is 0 Å². The molecule has 1 aliphatic rings. The Kier molecular flexibility index (Phi) is 7.14. The van der Waals surface area contributed by atoms with Crippen LogP contribution in [0.15, 0.2) is 0 Å². The lowest BCUT2D eigenvalue weighted by atomic mass is 10.1. The molecule has 17 heavy (non-hydrogen) atoms. The van der Waals surface area contributed by atoms with E-state index in [1.165, 1.54) is 45.1 Å². The largest absolute Gasteiger partial charge is 0.314 e. The first-order valence-electron chi connectivity index (χ1n) is 7.71. The fourth-order valence-electron chi connectivity index (χ4n) is 3.07. The molecule has 1 fully saturated rings. The zero-order valence-electron chi connectivity index (χ0n) is 12.3. The van der Waals surface area contributed by atoms with Gasteiger partial charge in [0.05, 0.1) is 0 Å². The van der Waals surface area contributed by atoms with Crippen LogP contribution in [-0.2, 0) is 0 Å². The lowest BCUT2D eigenvalue weighted by Gasteiger charge is -2.34. The van der Waals surface area contributed by atoms with Crippen molar-refractivity contribution in [1.82, 2.24) is 10.2 Å². The Morgan fingerprint density at radius 2 is 2.00 bits per heavy atom. The van der Waals surface area contributed by atoms with E-state index in [1.807, 2.05) is 0 Å². The quantitative estimate of drug-likeness (QED) is 0.699. The Morgan fingerprint density at radius 3 is 2.59 bits per heavy atom. The second-order valence-electron chi connectivity index (χ2n) is 5.57. The van der Waals surface area contributed by atoms with Crippen molar-refractivity contribution in [3.63, 3.8) is 0 Å². The highest BCUT2D eigenvalue weighted by atomic mass is 15.2. The normalized spacial score (nSPS) is 26.6. The van der Waals surface area contributed by atoms with Gasteiger partial charge in [0, 0.05) is 18.1 Å². The number of nitrogens with zero attached hydrogens (tertiary/aromatic N) is 1. The van der Waals surface area contributed by atoms with Crippen molar-refractivity contribution in [3.05, 3.63) is 0 Å². The number of hydrogen-bond donors (Lipinski definition) is 1. The molecule has 0 saturated heterocycles. The van der Waals surface area contributed by atoms with Crippen molar-refractivity contribution in [2.75, 3.05) is 13.1 Å². The molecule has 0 spiro atoms. The third-order valence-electron chi connectivity index (χ3n) is 4.29.